The number of rotatable bonds is 17. The van der Waals surface area contributed by atoms with Gasteiger partial charge in [-0.1, -0.05) is 42.5 Å². The number of ether oxygens (including phenoxy) is 6. The van der Waals surface area contributed by atoms with Crippen molar-refractivity contribution in [2.75, 3.05) is 27.9 Å². The first-order valence-corrected chi connectivity index (χ1v) is 12.6. The van der Waals surface area contributed by atoms with Gasteiger partial charge in [0.1, 0.15) is 23.4 Å². The Morgan fingerprint density at radius 2 is 1.08 bits per heavy atom. The summed E-state index contributed by atoms with van der Waals surface area (Å²) in [5, 5.41) is 0. The summed E-state index contributed by atoms with van der Waals surface area (Å²) in [6.07, 6.45) is 1.67. The minimum atomic E-state index is -0.427. The molecule has 204 valence electrons. The maximum absolute atomic E-state index is 6.65. The molecule has 0 heterocycles. The van der Waals surface area contributed by atoms with Crippen LogP contribution in [0.15, 0.2) is 85.5 Å². The van der Waals surface area contributed by atoms with Gasteiger partial charge in [-0.2, -0.15) is 0 Å². The molecule has 1 unspecified atom stereocenters. The van der Waals surface area contributed by atoms with Crippen LogP contribution in [0.3, 0.4) is 0 Å². The molecule has 2 N–H and O–H groups in total. The molecule has 0 bridgehead atoms. The highest BCUT2D eigenvalue weighted by atomic mass is 16.5. The lowest BCUT2D eigenvalue weighted by Crippen LogP contribution is -2.48. The summed E-state index contributed by atoms with van der Waals surface area (Å²) >= 11 is 0. The average molecular weight is 522 g/mol. The Morgan fingerprint density at radius 3 is 1.50 bits per heavy atom. The van der Waals surface area contributed by atoms with E-state index in [4.69, 9.17) is 34.2 Å². The Hall–Kier alpha value is -3.36. The van der Waals surface area contributed by atoms with E-state index in [0.29, 0.717) is 32.8 Å². The molecule has 0 saturated carbocycles. The standard InChI is InChI=1S/C31H39NO6/c1-5-6-30(37-20-24-9-15-27(34-3)16-10-24)31(38-21-25-11-17-28(35-4)18-12-25)29(32)22-36-19-23-7-13-26(33-2)14-8-23/h5,7-18,29-31H,1,6,19-22,32H2,2-4H3/t29?,30-,31-/m1/s1. The molecule has 0 amide bonds. The van der Waals surface area contributed by atoms with E-state index in [1.54, 1.807) is 21.3 Å². The second-order valence-electron chi connectivity index (χ2n) is 8.87. The van der Waals surface area contributed by atoms with Gasteiger partial charge in [-0.15, -0.1) is 6.58 Å². The summed E-state index contributed by atoms with van der Waals surface area (Å²) in [7, 11) is 4.94. The molecule has 38 heavy (non-hydrogen) atoms. The smallest absolute Gasteiger partial charge is 0.118 e. The van der Waals surface area contributed by atoms with Gasteiger partial charge in [-0.05, 0) is 59.5 Å². The van der Waals surface area contributed by atoms with Crippen LogP contribution in [0.2, 0.25) is 0 Å². The van der Waals surface area contributed by atoms with Gasteiger partial charge in [0.25, 0.3) is 0 Å². The van der Waals surface area contributed by atoms with Crippen LogP contribution in [-0.2, 0) is 34.0 Å². The summed E-state index contributed by atoms with van der Waals surface area (Å²) in [4.78, 5) is 0. The second-order valence-corrected chi connectivity index (χ2v) is 8.87. The lowest BCUT2D eigenvalue weighted by Gasteiger charge is -2.31. The molecular formula is C31H39NO6. The van der Waals surface area contributed by atoms with Gasteiger partial charge in [0.15, 0.2) is 0 Å². The maximum atomic E-state index is 6.65. The lowest BCUT2D eigenvalue weighted by atomic mass is 10.0. The van der Waals surface area contributed by atoms with Crippen molar-refractivity contribution < 1.29 is 28.4 Å². The second kappa shape index (κ2) is 15.8. The van der Waals surface area contributed by atoms with Crippen LogP contribution in [0.25, 0.3) is 0 Å². The molecule has 7 heteroatoms. The van der Waals surface area contributed by atoms with Crippen LogP contribution >= 0.6 is 0 Å². The third kappa shape index (κ3) is 9.19. The van der Waals surface area contributed by atoms with Crippen molar-refractivity contribution in [3.8, 4) is 17.2 Å². The van der Waals surface area contributed by atoms with E-state index in [1.807, 2.05) is 78.9 Å². The molecule has 0 aliphatic heterocycles. The SMILES string of the molecule is C=CC[C@@H](OCc1ccc(OC)cc1)[C@H](OCc1ccc(OC)cc1)C(N)COCc1ccc(OC)cc1. The van der Waals surface area contributed by atoms with Crippen molar-refractivity contribution >= 4 is 0 Å². The first kappa shape index (κ1) is 29.2. The number of nitrogens with two attached hydrogens (primary N) is 1. The summed E-state index contributed by atoms with van der Waals surface area (Å²) in [5.41, 5.74) is 9.72. The number of hydrogen-bond donors (Lipinski definition) is 1. The zero-order valence-electron chi connectivity index (χ0n) is 22.5. The number of hydrogen-bond acceptors (Lipinski definition) is 7. The molecule has 7 nitrogen and oxygen atoms in total. The molecule has 0 aliphatic rings. The predicted octanol–water partition coefficient (Wildman–Crippen LogP) is 5.30. The average Bonchev–Trinajstić information content (AvgIpc) is 2.96. The zero-order chi connectivity index (χ0) is 27.2. The molecule has 0 spiro atoms. The summed E-state index contributed by atoms with van der Waals surface area (Å²) in [5.74, 6) is 2.40. The molecule has 0 aliphatic carbocycles. The van der Waals surface area contributed by atoms with Crippen LogP contribution in [0.5, 0.6) is 17.2 Å². The molecular weight excluding hydrogens is 482 g/mol. The van der Waals surface area contributed by atoms with Gasteiger partial charge in [0.05, 0.1) is 59.9 Å². The number of methoxy groups -OCH3 is 3. The summed E-state index contributed by atoms with van der Waals surface area (Å²) in [6, 6.07) is 22.9. The normalized spacial score (nSPS) is 13.4. The van der Waals surface area contributed by atoms with Crippen molar-refractivity contribution in [2.45, 2.75) is 44.5 Å². The fourth-order valence-corrected chi connectivity index (χ4v) is 3.94. The minimum Gasteiger partial charge on any atom is -0.497 e. The monoisotopic (exact) mass is 521 g/mol. The maximum Gasteiger partial charge on any atom is 0.118 e. The highest BCUT2D eigenvalue weighted by Crippen LogP contribution is 2.20. The third-order valence-electron chi connectivity index (χ3n) is 6.15. The molecule has 3 rings (SSSR count). The highest BCUT2D eigenvalue weighted by Gasteiger charge is 2.29. The van der Waals surface area contributed by atoms with E-state index in [9.17, 15) is 0 Å². The van der Waals surface area contributed by atoms with E-state index < -0.39 is 12.1 Å². The Morgan fingerprint density at radius 1 is 0.658 bits per heavy atom. The Labute approximate surface area is 226 Å². The van der Waals surface area contributed by atoms with E-state index in [0.717, 1.165) is 33.9 Å². The first-order valence-electron chi connectivity index (χ1n) is 12.6. The third-order valence-corrected chi connectivity index (χ3v) is 6.15. The van der Waals surface area contributed by atoms with E-state index in [2.05, 4.69) is 6.58 Å². The first-order chi connectivity index (χ1) is 18.6. The largest absolute Gasteiger partial charge is 0.497 e. The van der Waals surface area contributed by atoms with E-state index >= 15 is 0 Å². The minimum absolute atomic E-state index is 0.304. The van der Waals surface area contributed by atoms with Gasteiger partial charge in [-0.3, -0.25) is 0 Å². The molecule has 0 radical (unpaired) electrons. The topological polar surface area (TPSA) is 81.4 Å². The molecule has 0 fully saturated rings. The van der Waals surface area contributed by atoms with Crippen LogP contribution in [0, 0.1) is 0 Å². The van der Waals surface area contributed by atoms with Crippen LogP contribution in [0.1, 0.15) is 23.1 Å². The predicted molar refractivity (Wildman–Crippen MR) is 149 cm³/mol. The molecule has 0 saturated heterocycles. The highest BCUT2D eigenvalue weighted by molar-refractivity contribution is 5.28. The van der Waals surface area contributed by atoms with Crippen molar-refractivity contribution in [1.82, 2.24) is 0 Å². The fourth-order valence-electron chi connectivity index (χ4n) is 3.94. The van der Waals surface area contributed by atoms with Gasteiger partial charge in [-0.25, -0.2) is 0 Å². The quantitative estimate of drug-likeness (QED) is 0.241. The molecule has 3 aromatic carbocycles. The van der Waals surface area contributed by atoms with Gasteiger partial charge >= 0.3 is 0 Å². The van der Waals surface area contributed by atoms with Crippen molar-refractivity contribution in [1.29, 1.82) is 0 Å². The molecule has 3 atom stereocenters. The van der Waals surface area contributed by atoms with E-state index in [-0.39, 0.29) is 6.10 Å². The van der Waals surface area contributed by atoms with Crippen LogP contribution in [0.4, 0.5) is 0 Å². The van der Waals surface area contributed by atoms with Crippen molar-refractivity contribution in [3.63, 3.8) is 0 Å². The van der Waals surface area contributed by atoms with Crippen molar-refractivity contribution in [3.05, 3.63) is 102 Å². The Balaban J connectivity index is 1.67. The lowest BCUT2D eigenvalue weighted by molar-refractivity contribution is -0.103. The Bertz CT molecular complexity index is 1070. The van der Waals surface area contributed by atoms with Gasteiger partial charge < -0.3 is 34.2 Å². The van der Waals surface area contributed by atoms with Gasteiger partial charge in [0, 0.05) is 0 Å². The van der Waals surface area contributed by atoms with Crippen molar-refractivity contribution in [2.24, 2.45) is 5.73 Å². The Kier molecular flexibility index (Phi) is 12.1. The fraction of sp³-hybridized carbons (Fsp3) is 0.355. The van der Waals surface area contributed by atoms with E-state index in [1.165, 1.54) is 0 Å². The van der Waals surface area contributed by atoms with Crippen LogP contribution in [-0.4, -0.2) is 46.2 Å². The molecule has 0 aromatic heterocycles. The zero-order valence-corrected chi connectivity index (χ0v) is 22.5. The molecule has 3 aromatic rings. The van der Waals surface area contributed by atoms with Gasteiger partial charge in [0.2, 0.25) is 0 Å². The summed E-state index contributed by atoms with van der Waals surface area (Å²) in [6.45, 7) is 5.44. The summed E-state index contributed by atoms with van der Waals surface area (Å²) < 4.78 is 34.4. The van der Waals surface area contributed by atoms with Crippen LogP contribution < -0.4 is 19.9 Å². The number of benzene rings is 3.